The minimum atomic E-state index is -0.717. The SMILES string of the molecule is CCOc1ccc(NC(=O)c2ccccc2N2C(=O)[C@@H]3Cc4c([nH]c5ccccc45)C(c4ccccc4C)N3C2=O)cc1. The van der Waals surface area contributed by atoms with E-state index in [0.29, 0.717) is 24.5 Å². The predicted octanol–water partition coefficient (Wildman–Crippen LogP) is 6.61. The van der Waals surface area contributed by atoms with Crippen LogP contribution in [0.5, 0.6) is 5.75 Å². The Bertz CT molecular complexity index is 1890. The van der Waals surface area contributed by atoms with Crippen LogP contribution in [-0.4, -0.2) is 40.4 Å². The number of aromatic nitrogens is 1. The molecule has 8 nitrogen and oxygen atoms in total. The Morgan fingerprint density at radius 1 is 0.930 bits per heavy atom. The lowest BCUT2D eigenvalue weighted by Gasteiger charge is -2.36. The smallest absolute Gasteiger partial charge is 0.332 e. The standard InChI is InChI=1S/C35H30N4O4/c1-3-43-23-18-16-22(17-19-23)36-33(40)26-13-7-9-15-29(26)39-34(41)30-20-27-25-12-6-8-14-28(25)37-31(27)32(38(30)35(39)42)24-11-5-4-10-21(24)2/h4-19,30,32,37H,3,20H2,1-2H3,(H,36,40)/t30-,32?/m0/s1. The summed E-state index contributed by atoms with van der Waals surface area (Å²) in [4.78, 5) is 48.6. The summed E-state index contributed by atoms with van der Waals surface area (Å²) in [6.07, 6.45) is 0.378. The van der Waals surface area contributed by atoms with Crippen molar-refractivity contribution in [3.63, 3.8) is 0 Å². The van der Waals surface area contributed by atoms with Gasteiger partial charge in [-0.05, 0) is 73.0 Å². The maximum atomic E-state index is 14.4. The molecule has 0 bridgehead atoms. The molecule has 1 unspecified atom stereocenters. The molecule has 214 valence electrons. The lowest BCUT2D eigenvalue weighted by atomic mass is 9.87. The molecule has 7 rings (SSSR count). The Balaban J connectivity index is 1.28. The lowest BCUT2D eigenvalue weighted by Crippen LogP contribution is -2.44. The highest BCUT2D eigenvalue weighted by Crippen LogP contribution is 2.45. The summed E-state index contributed by atoms with van der Waals surface area (Å²) < 4.78 is 5.49. The molecular weight excluding hydrogens is 540 g/mol. The molecule has 2 aliphatic rings. The third-order valence-corrected chi connectivity index (χ3v) is 8.34. The number of carbonyl (C=O) groups is 3. The first-order valence-electron chi connectivity index (χ1n) is 14.4. The van der Waals surface area contributed by atoms with Crippen LogP contribution in [0.25, 0.3) is 10.9 Å². The number of anilines is 2. The summed E-state index contributed by atoms with van der Waals surface area (Å²) in [5.41, 5.74) is 5.95. The first-order chi connectivity index (χ1) is 21.0. The van der Waals surface area contributed by atoms with Crippen LogP contribution in [-0.2, 0) is 11.2 Å². The minimum absolute atomic E-state index is 0.231. The van der Waals surface area contributed by atoms with Gasteiger partial charge in [-0.25, -0.2) is 9.69 Å². The number of aryl methyl sites for hydroxylation is 1. The first kappa shape index (κ1) is 26.5. The number of nitrogens with one attached hydrogen (secondary N) is 2. The van der Waals surface area contributed by atoms with Crippen molar-refractivity contribution in [3.05, 3.63) is 125 Å². The normalized spacial score (nSPS) is 17.6. The fraction of sp³-hybridized carbons (Fsp3) is 0.171. The Morgan fingerprint density at radius 3 is 2.44 bits per heavy atom. The van der Waals surface area contributed by atoms with Gasteiger partial charge in [-0.15, -0.1) is 0 Å². The molecule has 1 aromatic heterocycles. The van der Waals surface area contributed by atoms with Crippen molar-refractivity contribution in [1.82, 2.24) is 9.88 Å². The number of nitrogens with zero attached hydrogens (tertiary/aromatic N) is 2. The van der Waals surface area contributed by atoms with Crippen LogP contribution in [0, 0.1) is 6.92 Å². The van der Waals surface area contributed by atoms with Crippen LogP contribution in [0.2, 0.25) is 0 Å². The van der Waals surface area contributed by atoms with Crippen molar-refractivity contribution in [3.8, 4) is 5.75 Å². The maximum Gasteiger partial charge on any atom is 0.332 e. The fourth-order valence-electron chi connectivity index (χ4n) is 6.37. The predicted molar refractivity (Wildman–Crippen MR) is 166 cm³/mol. The van der Waals surface area contributed by atoms with Gasteiger partial charge in [-0.1, -0.05) is 54.6 Å². The number of hydrogen-bond acceptors (Lipinski definition) is 4. The molecule has 0 spiro atoms. The van der Waals surface area contributed by atoms with Gasteiger partial charge in [-0.2, -0.15) is 0 Å². The van der Waals surface area contributed by atoms with Gasteiger partial charge in [0.25, 0.3) is 11.8 Å². The van der Waals surface area contributed by atoms with Gasteiger partial charge >= 0.3 is 6.03 Å². The van der Waals surface area contributed by atoms with E-state index >= 15 is 0 Å². The van der Waals surface area contributed by atoms with E-state index in [0.717, 1.165) is 33.3 Å². The van der Waals surface area contributed by atoms with E-state index < -0.39 is 24.0 Å². The quantitative estimate of drug-likeness (QED) is 0.225. The highest BCUT2D eigenvalue weighted by atomic mass is 16.5. The van der Waals surface area contributed by atoms with Gasteiger partial charge < -0.3 is 15.0 Å². The van der Waals surface area contributed by atoms with E-state index in [1.807, 2.05) is 56.3 Å². The first-order valence-corrected chi connectivity index (χ1v) is 14.4. The molecule has 2 atom stereocenters. The molecule has 2 aliphatic heterocycles. The van der Waals surface area contributed by atoms with E-state index in [1.165, 1.54) is 4.90 Å². The summed E-state index contributed by atoms with van der Waals surface area (Å²) in [6.45, 7) is 4.46. The Hall–Kier alpha value is -5.37. The largest absolute Gasteiger partial charge is 0.494 e. The number of ether oxygens (including phenoxy) is 1. The van der Waals surface area contributed by atoms with E-state index in [1.54, 1.807) is 53.4 Å². The van der Waals surface area contributed by atoms with Gasteiger partial charge in [0.05, 0.1) is 17.9 Å². The number of carbonyl (C=O) groups excluding carboxylic acids is 3. The van der Waals surface area contributed by atoms with Crippen molar-refractivity contribution in [2.75, 3.05) is 16.8 Å². The lowest BCUT2D eigenvalue weighted by molar-refractivity contribution is -0.120. The van der Waals surface area contributed by atoms with Crippen LogP contribution in [0.15, 0.2) is 97.1 Å². The zero-order valence-electron chi connectivity index (χ0n) is 23.8. The van der Waals surface area contributed by atoms with Gasteiger partial charge in [0.15, 0.2) is 0 Å². The average molecular weight is 571 g/mol. The van der Waals surface area contributed by atoms with Crippen LogP contribution in [0.4, 0.5) is 16.2 Å². The van der Waals surface area contributed by atoms with Crippen LogP contribution in [0.1, 0.15) is 45.7 Å². The second kappa shape index (κ2) is 10.5. The molecule has 3 heterocycles. The monoisotopic (exact) mass is 570 g/mol. The van der Waals surface area contributed by atoms with Crippen molar-refractivity contribution in [2.45, 2.75) is 32.4 Å². The highest BCUT2D eigenvalue weighted by molar-refractivity contribution is 6.24. The molecule has 0 saturated carbocycles. The van der Waals surface area contributed by atoms with Gasteiger partial charge in [0.2, 0.25) is 0 Å². The fourth-order valence-corrected chi connectivity index (χ4v) is 6.37. The molecule has 4 amide bonds. The zero-order chi connectivity index (χ0) is 29.7. The summed E-state index contributed by atoms with van der Waals surface area (Å²) in [5, 5.41) is 3.94. The molecular formula is C35H30N4O4. The highest BCUT2D eigenvalue weighted by Gasteiger charge is 2.53. The van der Waals surface area contributed by atoms with Gasteiger partial charge in [0.1, 0.15) is 17.8 Å². The second-order valence-electron chi connectivity index (χ2n) is 10.8. The topological polar surface area (TPSA) is 94.7 Å². The Kier molecular flexibility index (Phi) is 6.46. The van der Waals surface area contributed by atoms with Crippen molar-refractivity contribution in [1.29, 1.82) is 0 Å². The van der Waals surface area contributed by atoms with Crippen LogP contribution in [0.3, 0.4) is 0 Å². The van der Waals surface area contributed by atoms with Crippen LogP contribution >= 0.6 is 0 Å². The molecule has 2 N–H and O–H groups in total. The molecule has 4 aromatic carbocycles. The number of hydrogen-bond donors (Lipinski definition) is 2. The van der Waals surface area contributed by atoms with E-state index in [9.17, 15) is 14.4 Å². The van der Waals surface area contributed by atoms with Crippen molar-refractivity contribution in [2.24, 2.45) is 0 Å². The molecule has 1 saturated heterocycles. The molecule has 8 heteroatoms. The summed E-state index contributed by atoms with van der Waals surface area (Å²) in [7, 11) is 0. The zero-order valence-corrected chi connectivity index (χ0v) is 23.8. The van der Waals surface area contributed by atoms with E-state index in [2.05, 4.69) is 16.4 Å². The number of urea groups is 1. The third-order valence-electron chi connectivity index (χ3n) is 8.34. The minimum Gasteiger partial charge on any atom is -0.494 e. The summed E-state index contributed by atoms with van der Waals surface area (Å²) in [5.74, 6) is -0.0654. The van der Waals surface area contributed by atoms with Gasteiger partial charge in [-0.3, -0.25) is 14.5 Å². The van der Waals surface area contributed by atoms with Crippen molar-refractivity contribution < 1.29 is 19.1 Å². The molecule has 5 aromatic rings. The number of rotatable bonds is 6. The Labute approximate surface area is 248 Å². The van der Waals surface area contributed by atoms with E-state index in [4.69, 9.17) is 4.74 Å². The number of amides is 4. The summed E-state index contributed by atoms with van der Waals surface area (Å²) >= 11 is 0. The molecule has 0 radical (unpaired) electrons. The third kappa shape index (κ3) is 4.34. The van der Waals surface area contributed by atoms with Crippen LogP contribution < -0.4 is 15.0 Å². The second-order valence-corrected chi connectivity index (χ2v) is 10.8. The summed E-state index contributed by atoms with van der Waals surface area (Å²) in [6, 6.07) is 28.1. The molecule has 0 aliphatic carbocycles. The van der Waals surface area contributed by atoms with E-state index in [-0.39, 0.29) is 17.2 Å². The number of imide groups is 1. The average Bonchev–Trinajstić information content (AvgIpc) is 3.51. The van der Waals surface area contributed by atoms with Gasteiger partial charge in [0, 0.05) is 28.7 Å². The Morgan fingerprint density at radius 2 is 1.65 bits per heavy atom. The number of para-hydroxylation sites is 2. The number of H-pyrrole nitrogens is 1. The number of aromatic amines is 1. The number of fused-ring (bicyclic) bond motifs is 4. The van der Waals surface area contributed by atoms with Crippen molar-refractivity contribution >= 4 is 40.1 Å². The molecule has 1 fully saturated rings. The molecule has 43 heavy (non-hydrogen) atoms. The maximum absolute atomic E-state index is 14.4. The number of benzene rings is 4.